The normalized spacial score (nSPS) is 27.8. The number of fused-ring (bicyclic) bond motifs is 1. The molecule has 0 aliphatic carbocycles. The van der Waals surface area contributed by atoms with Gasteiger partial charge in [-0.15, -0.1) is 0 Å². The summed E-state index contributed by atoms with van der Waals surface area (Å²) in [7, 11) is 0. The molecule has 0 aromatic heterocycles. The van der Waals surface area contributed by atoms with Crippen LogP contribution in [-0.2, 0) is 4.79 Å². The van der Waals surface area contributed by atoms with Gasteiger partial charge in [0.15, 0.2) is 0 Å². The van der Waals surface area contributed by atoms with Crippen molar-refractivity contribution in [2.75, 3.05) is 19.7 Å². The Morgan fingerprint density at radius 1 is 1.32 bits per heavy atom. The average Bonchev–Trinajstić information content (AvgIpc) is 2.41. The van der Waals surface area contributed by atoms with E-state index >= 15 is 0 Å². The number of likely N-dealkylation sites (tertiary alicyclic amines) is 1. The van der Waals surface area contributed by atoms with Crippen LogP contribution in [0, 0.1) is 5.82 Å². The summed E-state index contributed by atoms with van der Waals surface area (Å²) in [4.78, 5) is 13.3. The Hall–Kier alpha value is -1.46. The van der Waals surface area contributed by atoms with Crippen molar-refractivity contribution in [1.29, 1.82) is 0 Å². The van der Waals surface area contributed by atoms with Gasteiger partial charge in [0.1, 0.15) is 30.1 Å². The average molecular weight is 265 g/mol. The third kappa shape index (κ3) is 2.35. The summed E-state index contributed by atoms with van der Waals surface area (Å²) in [5, 5.41) is 10.4. The van der Waals surface area contributed by atoms with Gasteiger partial charge in [-0.3, -0.25) is 9.69 Å². The van der Waals surface area contributed by atoms with E-state index in [1.54, 1.807) is 6.07 Å². The predicted octanol–water partition coefficient (Wildman–Crippen LogP) is 1.29. The Balaban J connectivity index is 1.81. The van der Waals surface area contributed by atoms with E-state index in [1.165, 1.54) is 12.1 Å². The maximum Gasteiger partial charge on any atom is 0.135 e. The van der Waals surface area contributed by atoms with Crippen LogP contribution in [0.15, 0.2) is 18.2 Å². The number of ether oxygens (including phenoxy) is 1. The molecule has 2 heterocycles. The molecule has 3 rings (SSSR count). The zero-order valence-electron chi connectivity index (χ0n) is 10.5. The van der Waals surface area contributed by atoms with Gasteiger partial charge in [0.2, 0.25) is 0 Å². The van der Waals surface area contributed by atoms with E-state index in [1.807, 2.05) is 0 Å². The van der Waals surface area contributed by atoms with Crippen molar-refractivity contribution in [2.45, 2.75) is 25.0 Å². The molecule has 1 aromatic rings. The number of aliphatic hydroxyl groups excluding tert-OH is 1. The summed E-state index contributed by atoms with van der Waals surface area (Å²) in [6, 6.07) is 3.98. The fourth-order valence-corrected chi connectivity index (χ4v) is 2.77. The second kappa shape index (κ2) is 4.90. The first-order chi connectivity index (χ1) is 9.15. The summed E-state index contributed by atoms with van der Waals surface area (Å²) in [5.74, 6) is 0.419. The van der Waals surface area contributed by atoms with E-state index in [2.05, 4.69) is 4.90 Å². The Morgan fingerprint density at radius 3 is 2.79 bits per heavy atom. The van der Waals surface area contributed by atoms with Gasteiger partial charge in [0.25, 0.3) is 0 Å². The number of carbonyl (C=O) groups excluding carboxylic acids is 1. The maximum absolute atomic E-state index is 13.3. The van der Waals surface area contributed by atoms with Crippen molar-refractivity contribution in [1.82, 2.24) is 4.90 Å². The number of ketones is 1. The predicted molar refractivity (Wildman–Crippen MR) is 66.5 cm³/mol. The maximum atomic E-state index is 13.3. The third-order valence-electron chi connectivity index (χ3n) is 3.89. The van der Waals surface area contributed by atoms with E-state index < -0.39 is 6.10 Å². The van der Waals surface area contributed by atoms with Gasteiger partial charge in [0.05, 0.1) is 6.04 Å². The van der Waals surface area contributed by atoms with Crippen molar-refractivity contribution in [3.8, 4) is 5.75 Å². The Morgan fingerprint density at radius 2 is 2.05 bits per heavy atom. The second-order valence-electron chi connectivity index (χ2n) is 5.08. The number of aliphatic hydroxyl groups is 1. The molecule has 1 N–H and O–H groups in total. The minimum atomic E-state index is -0.771. The third-order valence-corrected chi connectivity index (χ3v) is 3.89. The quantitative estimate of drug-likeness (QED) is 0.831. The first-order valence-electron chi connectivity index (χ1n) is 6.51. The number of halogens is 1. The molecule has 2 aliphatic heterocycles. The summed E-state index contributed by atoms with van der Waals surface area (Å²) >= 11 is 0. The molecular weight excluding hydrogens is 249 g/mol. The van der Waals surface area contributed by atoms with Crippen molar-refractivity contribution in [2.24, 2.45) is 0 Å². The van der Waals surface area contributed by atoms with Crippen molar-refractivity contribution >= 4 is 5.78 Å². The van der Waals surface area contributed by atoms with Gasteiger partial charge in [-0.25, -0.2) is 4.39 Å². The number of carbonyl (C=O) groups is 1. The number of hydrogen-bond acceptors (Lipinski definition) is 4. The first kappa shape index (κ1) is 12.6. The van der Waals surface area contributed by atoms with Gasteiger partial charge in [-0.2, -0.15) is 0 Å². The molecule has 0 amide bonds. The molecular formula is C14H16FNO3. The molecule has 4 nitrogen and oxygen atoms in total. The van der Waals surface area contributed by atoms with Crippen LogP contribution in [0.3, 0.4) is 0 Å². The molecule has 0 spiro atoms. The SMILES string of the molecule is O=C1CCN(C2COc3ccc(F)cc3C2O)CC1. The molecule has 102 valence electrons. The van der Waals surface area contributed by atoms with E-state index in [9.17, 15) is 14.3 Å². The highest BCUT2D eigenvalue weighted by atomic mass is 19.1. The standard InChI is InChI=1S/C14H16FNO3/c15-9-1-2-13-11(7-9)14(18)12(8-19-13)16-5-3-10(17)4-6-16/h1-2,7,12,14,18H,3-6,8H2. The minimum Gasteiger partial charge on any atom is -0.491 e. The van der Waals surface area contributed by atoms with Crippen LogP contribution in [0.25, 0.3) is 0 Å². The number of piperidine rings is 1. The molecule has 0 saturated carbocycles. The molecule has 0 bridgehead atoms. The van der Waals surface area contributed by atoms with E-state index in [-0.39, 0.29) is 17.6 Å². The Bertz CT molecular complexity index is 495. The first-order valence-corrected chi connectivity index (χ1v) is 6.51. The lowest BCUT2D eigenvalue weighted by molar-refractivity contribution is -0.123. The van der Waals surface area contributed by atoms with Crippen LogP contribution in [0.2, 0.25) is 0 Å². The summed E-state index contributed by atoms with van der Waals surface area (Å²) in [6.07, 6.45) is 0.256. The fourth-order valence-electron chi connectivity index (χ4n) is 2.77. The van der Waals surface area contributed by atoms with Crippen LogP contribution in [0.5, 0.6) is 5.75 Å². The van der Waals surface area contributed by atoms with Crippen molar-refractivity contribution in [3.63, 3.8) is 0 Å². The van der Waals surface area contributed by atoms with Crippen molar-refractivity contribution < 1.29 is 19.0 Å². The lowest BCUT2D eigenvalue weighted by Crippen LogP contribution is -2.49. The molecule has 0 radical (unpaired) electrons. The van der Waals surface area contributed by atoms with Gasteiger partial charge in [0, 0.05) is 31.5 Å². The lowest BCUT2D eigenvalue weighted by Gasteiger charge is -2.39. The number of benzene rings is 1. The minimum absolute atomic E-state index is 0.206. The molecule has 2 unspecified atom stereocenters. The molecule has 1 saturated heterocycles. The smallest absolute Gasteiger partial charge is 0.135 e. The van der Waals surface area contributed by atoms with Crippen molar-refractivity contribution in [3.05, 3.63) is 29.6 Å². The molecule has 1 fully saturated rings. The van der Waals surface area contributed by atoms with E-state index in [0.717, 1.165) is 0 Å². The molecule has 2 atom stereocenters. The van der Waals surface area contributed by atoms with E-state index in [4.69, 9.17) is 4.74 Å². The van der Waals surface area contributed by atoms with Gasteiger partial charge in [-0.1, -0.05) is 0 Å². The Labute approximate surface area is 110 Å². The summed E-state index contributed by atoms with van der Waals surface area (Å²) < 4.78 is 18.9. The lowest BCUT2D eigenvalue weighted by atomic mass is 9.96. The summed E-state index contributed by atoms with van der Waals surface area (Å²) in [5.41, 5.74) is 0.494. The molecule has 19 heavy (non-hydrogen) atoms. The summed E-state index contributed by atoms with van der Waals surface area (Å²) in [6.45, 7) is 1.64. The highest BCUT2D eigenvalue weighted by molar-refractivity contribution is 5.79. The van der Waals surface area contributed by atoms with Crippen LogP contribution < -0.4 is 4.74 Å². The molecule has 1 aromatic carbocycles. The second-order valence-corrected chi connectivity index (χ2v) is 5.08. The topological polar surface area (TPSA) is 49.8 Å². The van der Waals surface area contributed by atoms with Gasteiger partial charge in [-0.05, 0) is 18.2 Å². The van der Waals surface area contributed by atoms with Crippen LogP contribution in [0.4, 0.5) is 4.39 Å². The fraction of sp³-hybridized carbons (Fsp3) is 0.500. The van der Waals surface area contributed by atoms with Gasteiger partial charge < -0.3 is 9.84 Å². The van der Waals surface area contributed by atoms with Crippen LogP contribution in [-0.4, -0.2) is 41.5 Å². The molecule has 5 heteroatoms. The van der Waals surface area contributed by atoms with Crippen LogP contribution in [0.1, 0.15) is 24.5 Å². The highest BCUT2D eigenvalue weighted by Gasteiger charge is 2.35. The zero-order valence-corrected chi connectivity index (χ0v) is 10.5. The monoisotopic (exact) mass is 265 g/mol. The molecule has 2 aliphatic rings. The van der Waals surface area contributed by atoms with Crippen LogP contribution >= 0.6 is 0 Å². The highest BCUT2D eigenvalue weighted by Crippen LogP contribution is 2.35. The number of nitrogens with zero attached hydrogens (tertiary/aromatic N) is 1. The number of hydrogen-bond donors (Lipinski definition) is 1. The Kier molecular flexibility index (Phi) is 3.24. The largest absolute Gasteiger partial charge is 0.491 e. The number of rotatable bonds is 1. The zero-order chi connectivity index (χ0) is 13.4. The van der Waals surface area contributed by atoms with E-state index in [0.29, 0.717) is 43.9 Å². The number of Topliss-reactive ketones (excluding diaryl/α,β-unsaturated/α-hetero) is 1. The van der Waals surface area contributed by atoms with Gasteiger partial charge >= 0.3 is 0 Å².